The quantitative estimate of drug-likeness (QED) is 0.0423. The third-order valence-electron chi connectivity index (χ3n) is 4.33. The molecule has 0 radical (unpaired) electrons. The molecule has 1 aliphatic heterocycles. The first kappa shape index (κ1) is 31.2. The van der Waals surface area contributed by atoms with Gasteiger partial charge in [-0.15, -0.1) is 0 Å². The maximum absolute atomic E-state index is 11.9. The van der Waals surface area contributed by atoms with Crippen molar-refractivity contribution in [3.8, 4) is 0 Å². The van der Waals surface area contributed by atoms with Crippen LogP contribution < -0.4 is 0 Å². The Morgan fingerprint density at radius 1 is 1.09 bits per heavy atom. The van der Waals surface area contributed by atoms with Gasteiger partial charge in [0.25, 0.3) is 0 Å². The van der Waals surface area contributed by atoms with Crippen LogP contribution in [-0.4, -0.2) is 66.2 Å². The summed E-state index contributed by atoms with van der Waals surface area (Å²) in [6, 6.07) is 0. The maximum atomic E-state index is 11.9. The average molecular weight is 668 g/mol. The molecule has 1 heterocycles. The van der Waals surface area contributed by atoms with Crippen LogP contribution in [0.5, 0.6) is 0 Å². The van der Waals surface area contributed by atoms with Crippen molar-refractivity contribution in [3.05, 3.63) is 0 Å². The van der Waals surface area contributed by atoms with E-state index in [1.165, 1.54) is 6.92 Å². The molecular formula is C18H29Cl3INO7PS-. The van der Waals surface area contributed by atoms with Gasteiger partial charge in [0.15, 0.2) is 0 Å². The Labute approximate surface area is 220 Å². The second-order valence-corrected chi connectivity index (χ2v) is 15.3. The van der Waals surface area contributed by atoms with Gasteiger partial charge in [0, 0.05) is 0 Å². The van der Waals surface area contributed by atoms with Gasteiger partial charge in [-0.1, -0.05) is 0 Å². The summed E-state index contributed by atoms with van der Waals surface area (Å²) in [6.45, 7) is 6.29. The summed E-state index contributed by atoms with van der Waals surface area (Å²) in [6.07, 6.45) is -0.935. The molecule has 1 fully saturated rings. The third-order valence-corrected chi connectivity index (χ3v) is 6.26. The standard InChI is InChI=1S/C18H29Cl3INO7PS/c1-4-6-8-25-13-12(10-27-32(22)31)29-16(30-17(23)18(19,20)21)15(28-11(3)24)14(13)26-9-7-5-2/h12-16,23H,4-10H2,1-3H3/q-1. The number of hydrogen-bond acceptors (Lipinski definition) is 9. The van der Waals surface area contributed by atoms with Crippen molar-refractivity contribution in [1.29, 1.82) is 5.41 Å². The zero-order chi connectivity index (χ0) is 24.3. The molecule has 32 heavy (non-hydrogen) atoms. The molecule has 0 aliphatic carbocycles. The summed E-state index contributed by atoms with van der Waals surface area (Å²) >= 11 is 19.3. The fraction of sp³-hybridized carbons (Fsp3) is 0.889. The third kappa shape index (κ3) is 11.3. The van der Waals surface area contributed by atoms with Crippen LogP contribution in [0.4, 0.5) is 0 Å². The van der Waals surface area contributed by atoms with Crippen molar-refractivity contribution < 1.29 is 32.7 Å². The van der Waals surface area contributed by atoms with Gasteiger partial charge in [-0.3, -0.25) is 0 Å². The summed E-state index contributed by atoms with van der Waals surface area (Å²) in [7, 11) is 3.61. The molecule has 5 atom stereocenters. The van der Waals surface area contributed by atoms with Crippen LogP contribution in [0.25, 0.3) is 0 Å². The van der Waals surface area contributed by atoms with Crippen LogP contribution in [0.15, 0.2) is 0 Å². The van der Waals surface area contributed by atoms with Crippen LogP contribution in [0.3, 0.4) is 0 Å². The van der Waals surface area contributed by atoms with Gasteiger partial charge in [0.2, 0.25) is 0 Å². The van der Waals surface area contributed by atoms with E-state index in [0.717, 1.165) is 25.7 Å². The molecule has 0 aromatic rings. The first-order chi connectivity index (χ1) is 15.0. The molecule has 0 spiro atoms. The molecular weight excluding hydrogens is 639 g/mol. The predicted octanol–water partition coefficient (Wildman–Crippen LogP) is 5.60. The number of carbonyl (C=O) groups is 1. The van der Waals surface area contributed by atoms with Crippen LogP contribution in [-0.2, 0) is 40.0 Å². The van der Waals surface area contributed by atoms with Crippen molar-refractivity contribution in [2.45, 2.75) is 81.0 Å². The molecule has 0 bridgehead atoms. The first-order valence-corrected chi connectivity index (χ1v) is 16.0. The van der Waals surface area contributed by atoms with E-state index in [0.29, 0.717) is 13.2 Å². The number of nitrogens with one attached hydrogen (secondary N) is 1. The Morgan fingerprint density at radius 2 is 1.66 bits per heavy atom. The fourth-order valence-electron chi connectivity index (χ4n) is 2.85. The number of halogens is 4. The molecule has 5 unspecified atom stereocenters. The fourth-order valence-corrected chi connectivity index (χ4v) is 3.85. The molecule has 0 aromatic heterocycles. The molecule has 1 rings (SSSR count). The van der Waals surface area contributed by atoms with Crippen molar-refractivity contribution in [2.24, 2.45) is 0 Å². The van der Waals surface area contributed by atoms with Crippen molar-refractivity contribution in [3.63, 3.8) is 0 Å². The molecule has 0 amide bonds. The molecule has 1 saturated heterocycles. The summed E-state index contributed by atoms with van der Waals surface area (Å²) in [5.41, 5.74) is 0. The Morgan fingerprint density at radius 3 is 2.12 bits per heavy atom. The SMILES string of the molecule is CCCCOC1C(CO[S-](#P)I)OC(OC(=N)C(Cl)(Cl)Cl)C(OC(C)=O)C1OCCCC. The van der Waals surface area contributed by atoms with Crippen molar-refractivity contribution in [1.82, 2.24) is 0 Å². The van der Waals surface area contributed by atoms with Crippen molar-refractivity contribution >= 4 is 83.0 Å². The van der Waals surface area contributed by atoms with Gasteiger partial charge in [-0.05, 0) is 0 Å². The van der Waals surface area contributed by atoms with Crippen LogP contribution in [0.1, 0.15) is 46.5 Å². The molecule has 1 aliphatic rings. The molecule has 0 saturated carbocycles. The summed E-state index contributed by atoms with van der Waals surface area (Å²) < 4.78 is 32.8. The van der Waals surface area contributed by atoms with Gasteiger partial charge >= 0.3 is 222 Å². The second kappa shape index (κ2) is 16.0. The Bertz CT molecular complexity index is 679. The first-order valence-electron chi connectivity index (χ1n) is 10.1. The Kier molecular flexibility index (Phi) is 15.6. The second-order valence-electron chi connectivity index (χ2n) is 6.93. The van der Waals surface area contributed by atoms with Gasteiger partial charge in [0.05, 0.1) is 0 Å². The summed E-state index contributed by atoms with van der Waals surface area (Å²) in [4.78, 5) is 11.9. The molecule has 14 heteroatoms. The van der Waals surface area contributed by atoms with Crippen LogP contribution in [0.2, 0.25) is 0 Å². The van der Waals surface area contributed by atoms with E-state index >= 15 is 0 Å². The number of hydrogen-bond donors (Lipinski definition) is 1. The summed E-state index contributed by atoms with van der Waals surface area (Å²) in [5.74, 6) is -1.26. The van der Waals surface area contributed by atoms with E-state index in [9.17, 15) is 4.79 Å². The minimum atomic E-state index is -2.12. The van der Waals surface area contributed by atoms with E-state index in [1.54, 1.807) is 0 Å². The van der Waals surface area contributed by atoms with Gasteiger partial charge in [0.1, 0.15) is 0 Å². The number of carbonyl (C=O) groups excluding carboxylic acids is 1. The van der Waals surface area contributed by atoms with E-state index in [4.69, 9.17) is 68.1 Å². The minimum absolute atomic E-state index is 0.105. The zero-order valence-corrected chi connectivity index (χ0v) is 24.2. The van der Waals surface area contributed by atoms with Crippen molar-refractivity contribution in [2.75, 3.05) is 19.8 Å². The van der Waals surface area contributed by atoms with Crippen LogP contribution >= 0.6 is 63.8 Å². The molecule has 188 valence electrons. The van der Waals surface area contributed by atoms with E-state index in [2.05, 4.69) is 7.81 Å². The number of alkyl halides is 3. The summed E-state index contributed by atoms with van der Waals surface area (Å²) in [5, 5.41) is 7.95. The van der Waals surface area contributed by atoms with E-state index in [1.807, 2.05) is 35.1 Å². The normalized spacial score (nSPS) is 26.2. The number of ether oxygens (including phenoxy) is 5. The zero-order valence-electron chi connectivity index (χ0n) is 18.1. The number of unbranched alkanes of at least 4 members (excludes halogenated alkanes) is 2. The number of rotatable bonds is 12. The Balaban J connectivity index is 3.28. The van der Waals surface area contributed by atoms with Crippen LogP contribution in [0, 0.1) is 5.41 Å². The van der Waals surface area contributed by atoms with Gasteiger partial charge in [-0.2, -0.15) is 0 Å². The van der Waals surface area contributed by atoms with E-state index in [-0.39, 0.29) is 6.61 Å². The monoisotopic (exact) mass is 666 g/mol. The van der Waals surface area contributed by atoms with E-state index < -0.39 is 53.7 Å². The average Bonchev–Trinajstić information content (AvgIpc) is 2.69. The molecule has 8 nitrogen and oxygen atoms in total. The predicted molar refractivity (Wildman–Crippen MR) is 137 cm³/mol. The molecule has 1 N–H and O–H groups in total. The Hall–Kier alpha value is 1.16. The topological polar surface area (TPSA) is 96.3 Å². The van der Waals surface area contributed by atoms with Gasteiger partial charge < -0.3 is 0 Å². The molecule has 0 aromatic carbocycles. The van der Waals surface area contributed by atoms with Gasteiger partial charge in [-0.25, -0.2) is 0 Å². The number of esters is 1.